The Morgan fingerprint density at radius 1 is 1.42 bits per heavy atom. The minimum absolute atomic E-state index is 0.0712. The van der Waals surface area contributed by atoms with Crippen LogP contribution < -0.4 is 4.74 Å². The van der Waals surface area contributed by atoms with Crippen molar-refractivity contribution in [3.8, 4) is 5.75 Å². The molecule has 19 heavy (non-hydrogen) atoms. The van der Waals surface area contributed by atoms with E-state index < -0.39 is 5.97 Å². The molecule has 1 amide bonds. The Morgan fingerprint density at radius 3 is 2.68 bits per heavy atom. The van der Waals surface area contributed by atoms with Gasteiger partial charge in [0.2, 0.25) is 0 Å². The Morgan fingerprint density at radius 2 is 2.11 bits per heavy atom. The van der Waals surface area contributed by atoms with E-state index in [1.54, 1.807) is 11.0 Å². The van der Waals surface area contributed by atoms with E-state index >= 15 is 0 Å². The lowest BCUT2D eigenvalue weighted by Crippen LogP contribution is -2.32. The van der Waals surface area contributed by atoms with Crippen molar-refractivity contribution in [3.05, 3.63) is 15.8 Å². The number of amides is 1. The SMILES string of the molecule is CCc1cc(OCC(=O)N2CCCC2)c(C(=O)O)s1. The molecular weight excluding hydrogens is 266 g/mol. The minimum Gasteiger partial charge on any atom is -0.482 e. The van der Waals surface area contributed by atoms with Crippen LogP contribution in [0.5, 0.6) is 5.75 Å². The number of thiophene rings is 1. The maximum Gasteiger partial charge on any atom is 0.349 e. The lowest BCUT2D eigenvalue weighted by molar-refractivity contribution is -0.132. The van der Waals surface area contributed by atoms with Gasteiger partial charge in [-0.15, -0.1) is 11.3 Å². The zero-order chi connectivity index (χ0) is 13.8. The number of aryl methyl sites for hydroxylation is 1. The fourth-order valence-corrected chi connectivity index (χ4v) is 2.93. The van der Waals surface area contributed by atoms with Gasteiger partial charge in [-0.1, -0.05) is 6.92 Å². The molecule has 104 valence electrons. The molecule has 2 rings (SSSR count). The predicted molar refractivity (Wildman–Crippen MR) is 72.0 cm³/mol. The molecule has 0 radical (unpaired) electrons. The molecule has 6 heteroatoms. The summed E-state index contributed by atoms with van der Waals surface area (Å²) in [6.07, 6.45) is 2.82. The van der Waals surface area contributed by atoms with Crippen LogP contribution in [-0.4, -0.2) is 41.6 Å². The molecule has 0 aromatic carbocycles. The summed E-state index contributed by atoms with van der Waals surface area (Å²) in [6.45, 7) is 3.42. The van der Waals surface area contributed by atoms with Crippen molar-refractivity contribution in [2.45, 2.75) is 26.2 Å². The van der Waals surface area contributed by atoms with Gasteiger partial charge in [-0.3, -0.25) is 4.79 Å². The fraction of sp³-hybridized carbons (Fsp3) is 0.538. The number of carboxylic acids is 1. The monoisotopic (exact) mass is 283 g/mol. The van der Waals surface area contributed by atoms with Crippen LogP contribution >= 0.6 is 11.3 Å². The highest BCUT2D eigenvalue weighted by Gasteiger charge is 2.21. The molecule has 1 fully saturated rings. The van der Waals surface area contributed by atoms with Crippen LogP contribution in [0.25, 0.3) is 0 Å². The van der Waals surface area contributed by atoms with Crippen LogP contribution in [0.3, 0.4) is 0 Å². The van der Waals surface area contributed by atoms with Gasteiger partial charge in [-0.05, 0) is 25.3 Å². The smallest absolute Gasteiger partial charge is 0.349 e. The number of carboxylic acid groups (broad SMARTS) is 1. The number of rotatable bonds is 5. The normalized spacial score (nSPS) is 14.7. The van der Waals surface area contributed by atoms with Gasteiger partial charge in [0.1, 0.15) is 5.75 Å². The van der Waals surface area contributed by atoms with Gasteiger partial charge in [0.05, 0.1) is 0 Å². The maximum atomic E-state index is 11.8. The van der Waals surface area contributed by atoms with Gasteiger partial charge >= 0.3 is 5.97 Å². The third-order valence-electron chi connectivity index (χ3n) is 3.10. The molecule has 1 aliphatic rings. The third-order valence-corrected chi connectivity index (χ3v) is 4.35. The van der Waals surface area contributed by atoms with Crippen LogP contribution in [-0.2, 0) is 11.2 Å². The molecule has 0 spiro atoms. The third kappa shape index (κ3) is 3.26. The lowest BCUT2D eigenvalue weighted by atomic mass is 10.3. The number of ether oxygens (including phenoxy) is 1. The molecule has 1 aliphatic heterocycles. The molecule has 2 heterocycles. The molecule has 0 aliphatic carbocycles. The second kappa shape index (κ2) is 6.06. The standard InChI is InChI=1S/C13H17NO4S/c1-2-9-7-10(12(19-9)13(16)17)18-8-11(15)14-5-3-4-6-14/h7H,2-6,8H2,1H3,(H,16,17). The number of nitrogens with zero attached hydrogens (tertiary/aromatic N) is 1. The molecular formula is C13H17NO4S. The second-order valence-corrected chi connectivity index (χ2v) is 5.58. The predicted octanol–water partition coefficient (Wildman–Crippen LogP) is 2.01. The van der Waals surface area contributed by atoms with E-state index in [0.29, 0.717) is 5.75 Å². The first-order chi connectivity index (χ1) is 9.11. The Hall–Kier alpha value is -1.56. The molecule has 1 saturated heterocycles. The van der Waals surface area contributed by atoms with Crippen molar-refractivity contribution >= 4 is 23.2 Å². The van der Waals surface area contributed by atoms with Crippen LogP contribution in [0, 0.1) is 0 Å². The first-order valence-electron chi connectivity index (χ1n) is 6.38. The van der Waals surface area contributed by atoms with Gasteiger partial charge in [-0.25, -0.2) is 4.79 Å². The molecule has 0 unspecified atom stereocenters. The van der Waals surface area contributed by atoms with E-state index in [4.69, 9.17) is 9.84 Å². The average molecular weight is 283 g/mol. The van der Waals surface area contributed by atoms with E-state index in [-0.39, 0.29) is 17.4 Å². The van der Waals surface area contributed by atoms with Gasteiger partial charge < -0.3 is 14.7 Å². The number of aromatic carboxylic acids is 1. The van der Waals surface area contributed by atoms with E-state index in [1.165, 1.54) is 11.3 Å². The number of carbonyl (C=O) groups excluding carboxylic acids is 1. The highest BCUT2D eigenvalue weighted by atomic mass is 32.1. The number of hydrogen-bond acceptors (Lipinski definition) is 4. The lowest BCUT2D eigenvalue weighted by Gasteiger charge is -2.15. The fourth-order valence-electron chi connectivity index (χ4n) is 2.05. The summed E-state index contributed by atoms with van der Waals surface area (Å²) < 4.78 is 5.39. The van der Waals surface area contributed by atoms with E-state index in [9.17, 15) is 9.59 Å². The van der Waals surface area contributed by atoms with Crippen LogP contribution in [0.2, 0.25) is 0 Å². The summed E-state index contributed by atoms with van der Waals surface area (Å²) in [4.78, 5) is 25.8. The number of hydrogen-bond donors (Lipinski definition) is 1. The van der Waals surface area contributed by atoms with Gasteiger partial charge in [-0.2, -0.15) is 0 Å². The Labute approximate surface area is 115 Å². The van der Waals surface area contributed by atoms with Crippen molar-refractivity contribution in [3.63, 3.8) is 0 Å². The van der Waals surface area contributed by atoms with Crippen LogP contribution in [0.4, 0.5) is 0 Å². The topological polar surface area (TPSA) is 66.8 Å². The zero-order valence-corrected chi connectivity index (χ0v) is 11.7. The average Bonchev–Trinajstić information content (AvgIpc) is 3.04. The van der Waals surface area contributed by atoms with Crippen molar-refractivity contribution in [1.29, 1.82) is 0 Å². The Bertz CT molecular complexity index is 477. The highest BCUT2D eigenvalue weighted by Crippen LogP contribution is 2.29. The maximum absolute atomic E-state index is 11.8. The summed E-state index contributed by atoms with van der Waals surface area (Å²) in [6, 6.07) is 1.71. The molecule has 0 bridgehead atoms. The summed E-state index contributed by atoms with van der Waals surface area (Å²) in [5.74, 6) is -0.770. The highest BCUT2D eigenvalue weighted by molar-refractivity contribution is 7.14. The quantitative estimate of drug-likeness (QED) is 0.897. The number of likely N-dealkylation sites (tertiary alicyclic amines) is 1. The largest absolute Gasteiger partial charge is 0.482 e. The Kier molecular flexibility index (Phi) is 4.42. The van der Waals surface area contributed by atoms with Crippen LogP contribution in [0.15, 0.2) is 6.07 Å². The molecule has 1 aromatic rings. The molecule has 0 atom stereocenters. The van der Waals surface area contributed by atoms with E-state index in [2.05, 4.69) is 0 Å². The van der Waals surface area contributed by atoms with Crippen molar-refractivity contribution < 1.29 is 19.4 Å². The van der Waals surface area contributed by atoms with Crippen molar-refractivity contribution in [2.24, 2.45) is 0 Å². The van der Waals surface area contributed by atoms with Gasteiger partial charge in [0.25, 0.3) is 5.91 Å². The summed E-state index contributed by atoms with van der Waals surface area (Å²) in [5.41, 5.74) is 0. The van der Waals surface area contributed by atoms with Gasteiger partial charge in [0, 0.05) is 18.0 Å². The Balaban J connectivity index is 2.00. The molecule has 0 saturated carbocycles. The summed E-state index contributed by atoms with van der Waals surface area (Å²) in [7, 11) is 0. The minimum atomic E-state index is -1.01. The first-order valence-corrected chi connectivity index (χ1v) is 7.20. The van der Waals surface area contributed by atoms with Crippen molar-refractivity contribution in [1.82, 2.24) is 4.90 Å². The van der Waals surface area contributed by atoms with E-state index in [0.717, 1.165) is 37.2 Å². The molecule has 5 nitrogen and oxygen atoms in total. The summed E-state index contributed by atoms with van der Waals surface area (Å²) in [5, 5.41) is 9.09. The zero-order valence-electron chi connectivity index (χ0n) is 10.8. The second-order valence-electron chi connectivity index (χ2n) is 4.44. The van der Waals surface area contributed by atoms with E-state index in [1.807, 2.05) is 6.92 Å². The first kappa shape index (κ1) is 13.9. The molecule has 1 aromatic heterocycles. The number of carbonyl (C=O) groups is 2. The van der Waals surface area contributed by atoms with Crippen LogP contribution in [0.1, 0.15) is 34.3 Å². The summed E-state index contributed by atoms with van der Waals surface area (Å²) >= 11 is 1.20. The van der Waals surface area contributed by atoms with Crippen molar-refractivity contribution in [2.75, 3.05) is 19.7 Å². The molecule has 1 N–H and O–H groups in total. The van der Waals surface area contributed by atoms with Gasteiger partial charge in [0.15, 0.2) is 11.5 Å².